The van der Waals surface area contributed by atoms with Gasteiger partial charge in [0.25, 0.3) is 0 Å². The highest BCUT2D eigenvalue weighted by molar-refractivity contribution is 5.83. The van der Waals surface area contributed by atoms with E-state index in [1.807, 2.05) is 6.92 Å². The van der Waals surface area contributed by atoms with Gasteiger partial charge in [-0.25, -0.2) is 4.79 Å². The average Bonchev–Trinajstić information content (AvgIpc) is 2.71. The van der Waals surface area contributed by atoms with E-state index in [2.05, 4.69) is 5.10 Å². The Bertz CT molecular complexity index is 440. The van der Waals surface area contributed by atoms with Gasteiger partial charge in [-0.2, -0.15) is 5.10 Å². The number of carboxylic acid groups (broad SMARTS) is 1. The van der Waals surface area contributed by atoms with Crippen LogP contribution in [0.1, 0.15) is 39.3 Å². The van der Waals surface area contributed by atoms with Crippen molar-refractivity contribution in [3.63, 3.8) is 0 Å². The molecular weight excluding hydrogens is 234 g/mol. The normalized spacial score (nSPS) is 12.5. The molecule has 100 valence electrons. The van der Waals surface area contributed by atoms with Crippen LogP contribution in [0.25, 0.3) is 0 Å². The Morgan fingerprint density at radius 3 is 2.44 bits per heavy atom. The van der Waals surface area contributed by atoms with Crippen molar-refractivity contribution in [2.45, 2.75) is 46.3 Å². The summed E-state index contributed by atoms with van der Waals surface area (Å²) >= 11 is 0. The Balaban J connectivity index is 3.15. The van der Waals surface area contributed by atoms with Gasteiger partial charge >= 0.3 is 5.97 Å². The molecule has 1 atom stereocenters. The van der Waals surface area contributed by atoms with E-state index in [0.29, 0.717) is 12.1 Å². The van der Waals surface area contributed by atoms with Crippen LogP contribution in [0.2, 0.25) is 0 Å². The monoisotopic (exact) mass is 253 g/mol. The van der Waals surface area contributed by atoms with Crippen LogP contribution in [-0.4, -0.2) is 37.7 Å². The number of rotatable bonds is 5. The molecule has 1 amide bonds. The molecule has 0 aliphatic rings. The lowest BCUT2D eigenvalue weighted by Gasteiger charge is -2.30. The molecule has 0 aliphatic heterocycles. The molecule has 6 heteroatoms. The summed E-state index contributed by atoms with van der Waals surface area (Å²) in [6.07, 6.45) is 3.16. The quantitative estimate of drug-likeness (QED) is 0.857. The van der Waals surface area contributed by atoms with E-state index in [4.69, 9.17) is 0 Å². The van der Waals surface area contributed by atoms with E-state index >= 15 is 0 Å². The lowest BCUT2D eigenvalue weighted by molar-refractivity contribution is -0.151. The summed E-state index contributed by atoms with van der Waals surface area (Å²) in [5.74, 6) is -1.31. The minimum Gasteiger partial charge on any atom is -0.479 e. The fourth-order valence-corrected chi connectivity index (χ4v) is 1.96. The number of aryl methyl sites for hydroxylation is 1. The molecule has 0 radical (unpaired) electrons. The highest BCUT2D eigenvalue weighted by Gasteiger charge is 2.32. The molecule has 0 saturated heterocycles. The minimum absolute atomic E-state index is 0.187. The topological polar surface area (TPSA) is 75.4 Å². The van der Waals surface area contributed by atoms with Gasteiger partial charge in [-0.05, 0) is 20.8 Å². The van der Waals surface area contributed by atoms with Crippen molar-refractivity contribution in [2.75, 3.05) is 0 Å². The van der Waals surface area contributed by atoms with Crippen LogP contribution in [-0.2, 0) is 16.1 Å². The zero-order valence-electron chi connectivity index (χ0n) is 11.1. The molecule has 0 aromatic carbocycles. The van der Waals surface area contributed by atoms with Crippen molar-refractivity contribution in [1.82, 2.24) is 14.7 Å². The molecule has 0 fully saturated rings. The molecule has 1 aromatic rings. The lowest BCUT2D eigenvalue weighted by atomic mass is 10.1. The first-order chi connectivity index (χ1) is 8.38. The number of carboxylic acids is 1. The summed E-state index contributed by atoms with van der Waals surface area (Å²) in [6, 6.07) is -1.17. The second kappa shape index (κ2) is 5.66. The van der Waals surface area contributed by atoms with Crippen LogP contribution < -0.4 is 0 Å². The van der Waals surface area contributed by atoms with Gasteiger partial charge in [0, 0.05) is 31.3 Å². The van der Waals surface area contributed by atoms with Gasteiger partial charge in [0.1, 0.15) is 0 Å². The molecule has 0 saturated carbocycles. The first-order valence-corrected chi connectivity index (χ1v) is 5.92. The van der Waals surface area contributed by atoms with Gasteiger partial charge in [0.05, 0.1) is 6.20 Å². The standard InChI is InChI=1S/C12H19N3O3/c1-5-14-7-10(6-13-14)11(12(17)18)15(8(2)3)9(4)16/h6-8,11H,5H2,1-4H3,(H,17,18). The maximum Gasteiger partial charge on any atom is 0.331 e. The van der Waals surface area contributed by atoms with Gasteiger partial charge in [0.2, 0.25) is 5.91 Å². The number of hydrogen-bond donors (Lipinski definition) is 1. The zero-order valence-corrected chi connectivity index (χ0v) is 11.1. The van der Waals surface area contributed by atoms with Crippen LogP contribution in [0.4, 0.5) is 0 Å². The van der Waals surface area contributed by atoms with Crippen molar-refractivity contribution < 1.29 is 14.7 Å². The summed E-state index contributed by atoms with van der Waals surface area (Å²) in [5, 5.41) is 13.4. The summed E-state index contributed by atoms with van der Waals surface area (Å²) < 4.78 is 1.64. The SMILES string of the molecule is CCn1cc(C(C(=O)O)N(C(C)=O)C(C)C)cn1. The van der Waals surface area contributed by atoms with Crippen LogP contribution in [0.15, 0.2) is 12.4 Å². The van der Waals surface area contributed by atoms with Gasteiger partial charge in [-0.3, -0.25) is 9.48 Å². The number of carbonyl (C=O) groups excluding carboxylic acids is 1. The second-order valence-corrected chi connectivity index (χ2v) is 4.39. The number of aliphatic carboxylic acids is 1. The molecule has 1 N–H and O–H groups in total. The molecule has 0 bridgehead atoms. The second-order valence-electron chi connectivity index (χ2n) is 4.39. The molecule has 1 aromatic heterocycles. The molecule has 1 unspecified atom stereocenters. The lowest BCUT2D eigenvalue weighted by Crippen LogP contribution is -2.42. The van der Waals surface area contributed by atoms with Crippen LogP contribution >= 0.6 is 0 Å². The smallest absolute Gasteiger partial charge is 0.331 e. The van der Waals surface area contributed by atoms with Crippen molar-refractivity contribution in [3.05, 3.63) is 18.0 Å². The molecule has 1 heterocycles. The third-order valence-corrected chi connectivity index (χ3v) is 2.72. The van der Waals surface area contributed by atoms with E-state index in [0.717, 1.165) is 0 Å². The van der Waals surface area contributed by atoms with Gasteiger partial charge < -0.3 is 10.0 Å². The van der Waals surface area contributed by atoms with Crippen molar-refractivity contribution in [1.29, 1.82) is 0 Å². The molecule has 0 spiro atoms. The first kappa shape index (κ1) is 14.2. The third kappa shape index (κ3) is 2.88. The highest BCUT2D eigenvalue weighted by atomic mass is 16.4. The van der Waals surface area contributed by atoms with Gasteiger partial charge in [0.15, 0.2) is 6.04 Å². The Hall–Kier alpha value is -1.85. The van der Waals surface area contributed by atoms with E-state index < -0.39 is 12.0 Å². The Morgan fingerprint density at radius 1 is 1.50 bits per heavy atom. The maximum absolute atomic E-state index is 11.6. The van der Waals surface area contributed by atoms with Crippen molar-refractivity contribution in [2.24, 2.45) is 0 Å². The molecule has 6 nitrogen and oxygen atoms in total. The number of nitrogens with zero attached hydrogens (tertiary/aromatic N) is 3. The number of amides is 1. The van der Waals surface area contributed by atoms with Gasteiger partial charge in [-0.1, -0.05) is 0 Å². The van der Waals surface area contributed by atoms with E-state index in [9.17, 15) is 14.7 Å². The van der Waals surface area contributed by atoms with Crippen LogP contribution in [0.3, 0.4) is 0 Å². The molecule has 0 aliphatic carbocycles. The highest BCUT2D eigenvalue weighted by Crippen LogP contribution is 2.23. The van der Waals surface area contributed by atoms with E-state index in [1.54, 1.807) is 24.7 Å². The zero-order chi connectivity index (χ0) is 13.9. The Kier molecular flexibility index (Phi) is 4.47. The fraction of sp³-hybridized carbons (Fsp3) is 0.583. The fourth-order valence-electron chi connectivity index (χ4n) is 1.96. The first-order valence-electron chi connectivity index (χ1n) is 5.92. The number of hydrogen-bond acceptors (Lipinski definition) is 3. The molecular formula is C12H19N3O3. The minimum atomic E-state index is -1.05. The third-order valence-electron chi connectivity index (χ3n) is 2.72. The van der Waals surface area contributed by atoms with Gasteiger partial charge in [-0.15, -0.1) is 0 Å². The summed E-state index contributed by atoms with van der Waals surface area (Å²) in [4.78, 5) is 24.4. The predicted octanol–water partition coefficient (Wildman–Crippen LogP) is 1.29. The Morgan fingerprint density at radius 2 is 2.11 bits per heavy atom. The van der Waals surface area contributed by atoms with E-state index in [1.165, 1.54) is 18.0 Å². The number of carbonyl (C=O) groups is 2. The van der Waals surface area contributed by atoms with Crippen LogP contribution in [0.5, 0.6) is 0 Å². The average molecular weight is 253 g/mol. The Labute approximate surface area is 106 Å². The van der Waals surface area contributed by atoms with Crippen molar-refractivity contribution >= 4 is 11.9 Å². The largest absolute Gasteiger partial charge is 0.479 e. The predicted molar refractivity (Wildman–Crippen MR) is 65.9 cm³/mol. The van der Waals surface area contributed by atoms with E-state index in [-0.39, 0.29) is 11.9 Å². The molecule has 1 rings (SSSR count). The summed E-state index contributed by atoms with van der Waals surface area (Å²) in [7, 11) is 0. The maximum atomic E-state index is 11.6. The summed E-state index contributed by atoms with van der Waals surface area (Å²) in [5.41, 5.74) is 0.522. The summed E-state index contributed by atoms with van der Waals surface area (Å²) in [6.45, 7) is 7.54. The number of aromatic nitrogens is 2. The van der Waals surface area contributed by atoms with Crippen LogP contribution in [0, 0.1) is 0 Å². The van der Waals surface area contributed by atoms with Crippen molar-refractivity contribution in [3.8, 4) is 0 Å². The molecule has 18 heavy (non-hydrogen) atoms.